The van der Waals surface area contributed by atoms with Gasteiger partial charge in [-0.25, -0.2) is 0 Å². The molecule has 0 saturated heterocycles. The zero-order valence-corrected chi connectivity index (χ0v) is 11.3. The fourth-order valence-corrected chi connectivity index (χ4v) is 1.76. The molecular formula is C2H15N4O9P3. The molecule has 16 heteroatoms. The summed E-state index contributed by atoms with van der Waals surface area (Å²) in [5.74, 6) is 0. The molecule has 18 heavy (non-hydrogen) atoms. The van der Waals surface area contributed by atoms with Crippen molar-refractivity contribution in [1.29, 1.82) is 0 Å². The first-order valence-corrected chi connectivity index (χ1v) is 8.66. The minimum absolute atomic E-state index is 2.40. The highest BCUT2D eigenvalue weighted by Crippen LogP contribution is 2.56. The maximum atomic E-state index is 10.1. The monoisotopic (exact) mass is 332 g/mol. The van der Waals surface area contributed by atoms with Crippen molar-refractivity contribution in [3.63, 3.8) is 0 Å². The van der Waals surface area contributed by atoms with E-state index in [1.165, 1.54) is 0 Å². The van der Waals surface area contributed by atoms with Crippen molar-refractivity contribution < 1.29 is 43.1 Å². The lowest BCUT2D eigenvalue weighted by atomic mass is 11.0. The van der Waals surface area contributed by atoms with Gasteiger partial charge in [-0.15, -0.1) is 0 Å². The maximum absolute atomic E-state index is 10.1. The van der Waals surface area contributed by atoms with Gasteiger partial charge in [0.1, 0.15) is 0 Å². The molecule has 0 saturated carbocycles. The van der Waals surface area contributed by atoms with Crippen molar-refractivity contribution in [2.45, 2.75) is 11.1 Å². The topological polar surface area (TPSA) is 277 Å². The molecule has 0 fully saturated rings. The Morgan fingerprint density at radius 3 is 0.944 bits per heavy atom. The molecule has 0 aliphatic carbocycles. The molecular weight excluding hydrogens is 317 g/mol. The normalized spacial score (nSPS) is 14.2. The Labute approximate surface area is 101 Å². The Balaban J connectivity index is 0. The molecule has 13 nitrogen and oxygen atoms in total. The first-order chi connectivity index (χ1) is 7.40. The molecule has 0 aromatic carbocycles. The summed E-state index contributed by atoms with van der Waals surface area (Å²) in [5.41, 5.74) is 13.5. The highest BCUT2D eigenvalue weighted by Gasteiger charge is 2.39. The molecule has 0 aromatic heterocycles. The molecule has 0 amide bonds. The molecule has 0 atom stereocenters. The van der Waals surface area contributed by atoms with E-state index in [1.54, 1.807) is 0 Å². The van der Waals surface area contributed by atoms with E-state index < -0.39 is 33.8 Å². The van der Waals surface area contributed by atoms with E-state index in [9.17, 15) is 13.7 Å². The minimum atomic E-state index is -4.86. The summed E-state index contributed by atoms with van der Waals surface area (Å²) in [6.45, 7) is 0. The van der Waals surface area contributed by atoms with Gasteiger partial charge in [-0.1, -0.05) is 0 Å². The summed E-state index contributed by atoms with van der Waals surface area (Å²) in [6.07, 6.45) is 0. The second-order valence-corrected chi connectivity index (χ2v) is 8.76. The molecule has 0 rings (SSSR count). The van der Waals surface area contributed by atoms with Crippen molar-refractivity contribution in [2.75, 3.05) is 0 Å². The quantitative estimate of drug-likeness (QED) is 0.176. The van der Waals surface area contributed by atoms with Gasteiger partial charge in [0, 0.05) is 0 Å². The highest BCUT2D eigenvalue weighted by atomic mass is 31.2. The lowest BCUT2D eigenvalue weighted by Crippen LogP contribution is -2.57. The fraction of sp³-hybridized carbons (Fsp3) is 1.00. The Kier molecular flexibility index (Phi) is 7.05. The van der Waals surface area contributed by atoms with Gasteiger partial charge in [0.2, 0.25) is 11.1 Å². The lowest BCUT2D eigenvalue weighted by molar-refractivity contribution is 0.328. The van der Waals surface area contributed by atoms with Gasteiger partial charge in [-0.3, -0.25) is 30.9 Å². The van der Waals surface area contributed by atoms with Gasteiger partial charge < -0.3 is 35.1 Å². The van der Waals surface area contributed by atoms with Crippen LogP contribution in [-0.2, 0) is 13.7 Å². The van der Waals surface area contributed by atoms with Gasteiger partial charge in [0.25, 0.3) is 0 Å². The predicted molar refractivity (Wildman–Crippen MR) is 59.4 cm³/mol. The smallest absolute Gasteiger partial charge is 0.323 e. The van der Waals surface area contributed by atoms with Crippen LogP contribution in [0.3, 0.4) is 0 Å². The van der Waals surface area contributed by atoms with Crippen LogP contribution in [-0.4, -0.2) is 40.4 Å². The third-order valence-corrected chi connectivity index (χ3v) is 5.39. The van der Waals surface area contributed by atoms with Crippen LogP contribution in [0, 0.1) is 0 Å². The van der Waals surface area contributed by atoms with E-state index >= 15 is 0 Å². The van der Waals surface area contributed by atoms with Crippen molar-refractivity contribution in [3.05, 3.63) is 0 Å². The van der Waals surface area contributed by atoms with E-state index in [-0.39, 0.29) is 0 Å². The summed E-state index contributed by atoms with van der Waals surface area (Å²) in [5, 5.41) is 0. The number of hydrogen-bond acceptors (Lipinski definition) is 7. The summed E-state index contributed by atoms with van der Waals surface area (Å²) in [7, 11) is -14.2. The molecule has 0 unspecified atom stereocenters. The molecule has 112 valence electrons. The molecule has 0 bridgehead atoms. The van der Waals surface area contributed by atoms with Gasteiger partial charge in [0.05, 0.1) is 0 Å². The first-order valence-electron chi connectivity index (χ1n) is 3.69. The van der Waals surface area contributed by atoms with Gasteiger partial charge in [-0.2, -0.15) is 0 Å². The molecule has 0 heterocycles. The summed E-state index contributed by atoms with van der Waals surface area (Å²) in [6, 6.07) is 0. The Hall–Kier alpha value is 0.290. The predicted octanol–water partition coefficient (Wildman–Crippen LogP) is -3.76. The molecule has 0 spiro atoms. The van der Waals surface area contributed by atoms with E-state index in [2.05, 4.69) is 22.9 Å². The second-order valence-electron chi connectivity index (χ2n) is 3.02. The van der Waals surface area contributed by atoms with E-state index in [1.807, 2.05) is 0 Å². The zero-order valence-electron chi connectivity index (χ0n) is 8.64. The second kappa shape index (κ2) is 6.16. The van der Waals surface area contributed by atoms with Crippen molar-refractivity contribution in [2.24, 2.45) is 22.9 Å². The van der Waals surface area contributed by atoms with Crippen LogP contribution in [0.15, 0.2) is 0 Å². The fourth-order valence-electron chi connectivity index (χ4n) is 0.196. The van der Waals surface area contributed by atoms with Crippen molar-refractivity contribution in [3.8, 4) is 0 Å². The van der Waals surface area contributed by atoms with Crippen LogP contribution in [0.1, 0.15) is 0 Å². The zero-order chi connectivity index (χ0) is 15.6. The van der Waals surface area contributed by atoms with Gasteiger partial charge in [-0.05, 0) is 0 Å². The molecule has 0 aromatic rings. The maximum Gasteiger partial charge on any atom is 0.374 e. The Morgan fingerprint density at radius 1 is 0.778 bits per heavy atom. The largest absolute Gasteiger partial charge is 0.374 e. The van der Waals surface area contributed by atoms with Crippen LogP contribution in [0.5, 0.6) is 0 Å². The highest BCUT2D eigenvalue weighted by molar-refractivity contribution is 7.70. The number of rotatable bonds is 3. The van der Waals surface area contributed by atoms with Crippen LogP contribution >= 0.6 is 22.8 Å². The molecule has 0 aliphatic heterocycles. The van der Waals surface area contributed by atoms with E-state index in [0.717, 1.165) is 0 Å². The molecule has 0 aliphatic rings. The third kappa shape index (κ3) is 8.40. The first kappa shape index (κ1) is 20.6. The Bertz CT molecular complexity index is 377. The van der Waals surface area contributed by atoms with Crippen LogP contribution in [0.2, 0.25) is 0 Å². The average molecular weight is 332 g/mol. The number of nitrogens with two attached hydrogens (primary N) is 4. The summed E-state index contributed by atoms with van der Waals surface area (Å²) < 4.78 is 30.1. The van der Waals surface area contributed by atoms with Gasteiger partial charge in [0.15, 0.2) is 0 Å². The minimum Gasteiger partial charge on any atom is -0.323 e. The van der Waals surface area contributed by atoms with Crippen molar-refractivity contribution >= 4 is 22.8 Å². The van der Waals surface area contributed by atoms with Crippen LogP contribution < -0.4 is 22.9 Å². The lowest BCUT2D eigenvalue weighted by Gasteiger charge is -2.18. The molecule has 0 radical (unpaired) electrons. The van der Waals surface area contributed by atoms with Gasteiger partial charge >= 0.3 is 22.8 Å². The van der Waals surface area contributed by atoms with E-state index in [4.69, 9.17) is 29.4 Å². The third-order valence-electron chi connectivity index (χ3n) is 1.19. The average Bonchev–Trinajstić information content (AvgIpc) is 1.96. The number of hydrogen-bond donors (Lipinski definition) is 10. The van der Waals surface area contributed by atoms with E-state index in [0.29, 0.717) is 0 Å². The summed E-state index contributed by atoms with van der Waals surface area (Å²) in [4.78, 5) is 48.6. The molecule has 14 N–H and O–H groups in total. The SMILES string of the molecule is NC(N)(N)P(=O)(O)O.NC(P(=O)(O)O)P(=O)(O)O. The van der Waals surface area contributed by atoms with Crippen molar-refractivity contribution in [1.82, 2.24) is 0 Å². The standard InChI is InChI=1S/CH8N3O3P.CH7NO6P2/c2-1(3,4)8(5,6)7;2-1(9(3,4)5)10(6,7)8/h2-4H2,(H2,5,6,7);1H,2H2,(H2,3,4,5)(H2,6,7,8). The van der Waals surface area contributed by atoms with Crippen LogP contribution in [0.4, 0.5) is 0 Å². The Morgan fingerprint density at radius 2 is 0.944 bits per heavy atom. The van der Waals surface area contributed by atoms with Crippen LogP contribution in [0.25, 0.3) is 0 Å². The summed E-state index contributed by atoms with van der Waals surface area (Å²) >= 11 is 0.